The van der Waals surface area contributed by atoms with Crippen molar-refractivity contribution in [2.45, 2.75) is 20.0 Å². The molecule has 29 heavy (non-hydrogen) atoms. The first kappa shape index (κ1) is 20.1. The molecule has 3 rings (SSSR count). The van der Waals surface area contributed by atoms with E-state index in [1.165, 1.54) is 24.3 Å². The van der Waals surface area contributed by atoms with Crippen LogP contribution in [0.2, 0.25) is 0 Å². The maximum absolute atomic E-state index is 13.0. The van der Waals surface area contributed by atoms with Crippen LogP contribution >= 0.6 is 0 Å². The zero-order valence-corrected chi connectivity index (χ0v) is 16.1. The van der Waals surface area contributed by atoms with Crippen LogP contribution in [-0.2, 0) is 4.79 Å². The third kappa shape index (κ3) is 5.65. The zero-order valence-electron chi connectivity index (χ0n) is 16.1. The van der Waals surface area contributed by atoms with E-state index in [9.17, 15) is 14.0 Å². The number of hydrogen-bond donors (Lipinski definition) is 2. The maximum atomic E-state index is 13.0. The predicted molar refractivity (Wildman–Crippen MR) is 111 cm³/mol. The molecule has 0 aromatic heterocycles. The van der Waals surface area contributed by atoms with Crippen LogP contribution in [0.4, 0.5) is 15.8 Å². The van der Waals surface area contributed by atoms with Crippen molar-refractivity contribution in [3.63, 3.8) is 0 Å². The van der Waals surface area contributed by atoms with E-state index < -0.39 is 6.10 Å². The Hall–Kier alpha value is -3.67. The van der Waals surface area contributed by atoms with Crippen LogP contribution in [-0.4, -0.2) is 17.9 Å². The minimum Gasteiger partial charge on any atom is -0.481 e. The molecule has 0 aliphatic heterocycles. The van der Waals surface area contributed by atoms with Crippen molar-refractivity contribution < 1.29 is 18.7 Å². The minimum atomic E-state index is -0.714. The number of carbonyl (C=O) groups excluding carboxylic acids is 2. The molecule has 5 nitrogen and oxygen atoms in total. The molecule has 0 aliphatic rings. The Kier molecular flexibility index (Phi) is 6.24. The van der Waals surface area contributed by atoms with Crippen molar-refractivity contribution in [3.05, 3.63) is 89.7 Å². The van der Waals surface area contributed by atoms with Gasteiger partial charge in [-0.1, -0.05) is 18.2 Å². The fourth-order valence-corrected chi connectivity index (χ4v) is 2.66. The second kappa shape index (κ2) is 9.01. The van der Waals surface area contributed by atoms with Gasteiger partial charge in [0.1, 0.15) is 11.6 Å². The molecule has 6 heteroatoms. The maximum Gasteiger partial charge on any atom is 0.265 e. The Morgan fingerprint density at radius 2 is 1.62 bits per heavy atom. The summed E-state index contributed by atoms with van der Waals surface area (Å²) in [6.07, 6.45) is -0.714. The van der Waals surface area contributed by atoms with E-state index in [2.05, 4.69) is 10.6 Å². The number of benzene rings is 3. The van der Waals surface area contributed by atoms with E-state index in [1.807, 2.05) is 25.1 Å². The lowest BCUT2D eigenvalue weighted by molar-refractivity contribution is -0.122. The average molecular weight is 392 g/mol. The van der Waals surface area contributed by atoms with Crippen molar-refractivity contribution in [1.82, 2.24) is 0 Å². The molecule has 148 valence electrons. The first-order valence-electron chi connectivity index (χ1n) is 9.12. The lowest BCUT2D eigenvalue weighted by Gasteiger charge is -2.15. The van der Waals surface area contributed by atoms with Crippen molar-refractivity contribution >= 4 is 23.2 Å². The summed E-state index contributed by atoms with van der Waals surface area (Å²) in [4.78, 5) is 24.8. The molecule has 1 unspecified atom stereocenters. The fraction of sp³-hybridized carbons (Fsp3) is 0.130. The number of carbonyl (C=O) groups is 2. The molecule has 0 bridgehead atoms. The van der Waals surface area contributed by atoms with Crippen LogP contribution in [0, 0.1) is 12.7 Å². The fourth-order valence-electron chi connectivity index (χ4n) is 2.66. The third-order valence-corrected chi connectivity index (χ3v) is 4.17. The van der Waals surface area contributed by atoms with Gasteiger partial charge in [0.05, 0.1) is 0 Å². The number of ether oxygens (including phenoxy) is 1. The Morgan fingerprint density at radius 1 is 0.897 bits per heavy atom. The molecule has 2 N–H and O–H groups in total. The van der Waals surface area contributed by atoms with Gasteiger partial charge in [-0.2, -0.15) is 0 Å². The number of rotatable bonds is 6. The molecule has 0 spiro atoms. The molecule has 3 aromatic carbocycles. The van der Waals surface area contributed by atoms with E-state index in [0.29, 0.717) is 22.7 Å². The highest BCUT2D eigenvalue weighted by molar-refractivity contribution is 6.05. The predicted octanol–water partition coefficient (Wildman–Crippen LogP) is 4.79. The number of hydrogen-bond acceptors (Lipinski definition) is 3. The summed E-state index contributed by atoms with van der Waals surface area (Å²) in [7, 11) is 0. The van der Waals surface area contributed by atoms with Crippen LogP contribution in [0.1, 0.15) is 22.8 Å². The summed E-state index contributed by atoms with van der Waals surface area (Å²) in [6, 6.07) is 19.5. The molecule has 0 fully saturated rings. The standard InChI is InChI=1S/C23H21FN2O3/c1-15-5-3-8-21(13-15)29-16(2)22(27)26-20-7-4-6-17(14-20)23(28)25-19-11-9-18(24)10-12-19/h3-14,16H,1-2H3,(H,25,28)(H,26,27). The van der Waals surface area contributed by atoms with E-state index in [1.54, 1.807) is 37.3 Å². The normalized spacial score (nSPS) is 11.4. The summed E-state index contributed by atoms with van der Waals surface area (Å²) >= 11 is 0. The summed E-state index contributed by atoms with van der Waals surface area (Å²) in [6.45, 7) is 3.60. The van der Waals surface area contributed by atoms with Gasteiger partial charge < -0.3 is 15.4 Å². The van der Waals surface area contributed by atoms with Crippen molar-refractivity contribution in [1.29, 1.82) is 0 Å². The molecular weight excluding hydrogens is 371 g/mol. The van der Waals surface area contributed by atoms with Gasteiger partial charge in [-0.3, -0.25) is 9.59 Å². The van der Waals surface area contributed by atoms with Crippen molar-refractivity contribution in [2.24, 2.45) is 0 Å². The number of anilines is 2. The van der Waals surface area contributed by atoms with Gasteiger partial charge in [-0.15, -0.1) is 0 Å². The number of aryl methyl sites for hydroxylation is 1. The number of halogens is 1. The topological polar surface area (TPSA) is 67.4 Å². The Bertz CT molecular complexity index is 1020. The second-order valence-electron chi connectivity index (χ2n) is 6.61. The Balaban J connectivity index is 1.63. The summed E-state index contributed by atoms with van der Waals surface area (Å²) in [5.41, 5.74) is 2.35. The third-order valence-electron chi connectivity index (χ3n) is 4.17. The highest BCUT2D eigenvalue weighted by Gasteiger charge is 2.16. The van der Waals surface area contributed by atoms with Crippen LogP contribution in [0.25, 0.3) is 0 Å². The van der Waals surface area contributed by atoms with Crippen LogP contribution in [0.15, 0.2) is 72.8 Å². The summed E-state index contributed by atoms with van der Waals surface area (Å²) in [5, 5.41) is 5.43. The Morgan fingerprint density at radius 3 is 2.34 bits per heavy atom. The van der Waals surface area contributed by atoms with Gasteiger partial charge in [0.2, 0.25) is 0 Å². The van der Waals surface area contributed by atoms with Crippen molar-refractivity contribution in [2.75, 3.05) is 10.6 Å². The van der Waals surface area contributed by atoms with Crippen LogP contribution in [0.5, 0.6) is 5.75 Å². The largest absolute Gasteiger partial charge is 0.481 e. The quantitative estimate of drug-likeness (QED) is 0.634. The molecular formula is C23H21FN2O3. The molecule has 0 heterocycles. The average Bonchev–Trinajstić information content (AvgIpc) is 2.70. The molecule has 0 aliphatic carbocycles. The molecule has 1 atom stereocenters. The highest BCUT2D eigenvalue weighted by atomic mass is 19.1. The van der Waals surface area contributed by atoms with Gasteiger partial charge in [0.25, 0.3) is 11.8 Å². The van der Waals surface area contributed by atoms with E-state index in [0.717, 1.165) is 5.56 Å². The minimum absolute atomic E-state index is 0.331. The van der Waals surface area contributed by atoms with Crippen LogP contribution in [0.3, 0.4) is 0 Å². The van der Waals surface area contributed by atoms with Gasteiger partial charge in [0.15, 0.2) is 6.10 Å². The monoisotopic (exact) mass is 392 g/mol. The molecule has 3 aromatic rings. The molecule has 0 saturated carbocycles. The molecule has 0 saturated heterocycles. The number of nitrogens with one attached hydrogen (secondary N) is 2. The Labute approximate surface area is 168 Å². The molecule has 2 amide bonds. The van der Waals surface area contributed by atoms with E-state index in [4.69, 9.17) is 4.74 Å². The van der Waals surface area contributed by atoms with E-state index >= 15 is 0 Å². The second-order valence-corrected chi connectivity index (χ2v) is 6.61. The lowest BCUT2D eigenvalue weighted by Crippen LogP contribution is -2.30. The first-order chi connectivity index (χ1) is 13.9. The highest BCUT2D eigenvalue weighted by Crippen LogP contribution is 2.17. The first-order valence-corrected chi connectivity index (χ1v) is 9.12. The summed E-state index contributed by atoms with van der Waals surface area (Å²) in [5.74, 6) is -0.464. The van der Waals surface area contributed by atoms with Gasteiger partial charge in [0, 0.05) is 16.9 Å². The zero-order chi connectivity index (χ0) is 20.8. The van der Waals surface area contributed by atoms with Crippen molar-refractivity contribution in [3.8, 4) is 5.75 Å². The molecule has 0 radical (unpaired) electrons. The van der Waals surface area contributed by atoms with E-state index in [-0.39, 0.29) is 17.6 Å². The lowest BCUT2D eigenvalue weighted by atomic mass is 10.1. The summed E-state index contributed by atoms with van der Waals surface area (Å²) < 4.78 is 18.7. The smallest absolute Gasteiger partial charge is 0.265 e. The van der Waals surface area contributed by atoms with Gasteiger partial charge >= 0.3 is 0 Å². The number of amides is 2. The van der Waals surface area contributed by atoms with Gasteiger partial charge in [-0.25, -0.2) is 4.39 Å². The van der Waals surface area contributed by atoms with Crippen LogP contribution < -0.4 is 15.4 Å². The van der Waals surface area contributed by atoms with Gasteiger partial charge in [-0.05, 0) is 74.0 Å². The SMILES string of the molecule is Cc1cccc(OC(C)C(=O)Nc2cccc(C(=O)Nc3ccc(F)cc3)c2)c1.